The van der Waals surface area contributed by atoms with Crippen LogP contribution in [0.5, 0.6) is 0 Å². The standard InChI is InChI=1S/C10H18N2O2/c1-7(13)6-12-9(14)5-10(2,11-12)8-3-4-8/h7-8,11,13H,3-6H2,1-2H3. The topological polar surface area (TPSA) is 52.6 Å². The minimum absolute atomic E-state index is 0.0496. The van der Waals surface area contributed by atoms with Gasteiger partial charge < -0.3 is 5.11 Å². The summed E-state index contributed by atoms with van der Waals surface area (Å²) in [5.41, 5.74) is 3.18. The van der Waals surface area contributed by atoms with Crippen LogP contribution >= 0.6 is 0 Å². The summed E-state index contributed by atoms with van der Waals surface area (Å²) in [6.45, 7) is 4.19. The zero-order valence-corrected chi connectivity index (χ0v) is 8.79. The van der Waals surface area contributed by atoms with Gasteiger partial charge >= 0.3 is 0 Å². The van der Waals surface area contributed by atoms with E-state index in [1.807, 2.05) is 0 Å². The fraction of sp³-hybridized carbons (Fsp3) is 0.900. The molecule has 1 heterocycles. The average molecular weight is 198 g/mol. The molecule has 1 saturated heterocycles. The molecule has 2 N–H and O–H groups in total. The molecule has 4 heteroatoms. The molecule has 80 valence electrons. The number of nitrogens with one attached hydrogen (secondary N) is 1. The van der Waals surface area contributed by atoms with E-state index in [1.54, 1.807) is 11.9 Å². The molecule has 0 aromatic heterocycles. The predicted octanol–water partition coefficient (Wildman–Crippen LogP) is 0.273. The molecule has 2 fully saturated rings. The number of hydrazine groups is 1. The van der Waals surface area contributed by atoms with E-state index in [4.69, 9.17) is 0 Å². The van der Waals surface area contributed by atoms with Crippen molar-refractivity contribution in [2.24, 2.45) is 5.92 Å². The van der Waals surface area contributed by atoms with Gasteiger partial charge in [0.2, 0.25) is 5.91 Å². The molecular formula is C10H18N2O2. The molecule has 4 nitrogen and oxygen atoms in total. The summed E-state index contributed by atoms with van der Waals surface area (Å²) in [6.07, 6.45) is 2.55. The molecule has 1 aliphatic heterocycles. The summed E-state index contributed by atoms with van der Waals surface area (Å²) in [5.74, 6) is 0.755. The van der Waals surface area contributed by atoms with E-state index >= 15 is 0 Å². The van der Waals surface area contributed by atoms with Crippen molar-refractivity contribution in [3.63, 3.8) is 0 Å². The Labute approximate surface area is 84.2 Å². The molecule has 0 aromatic carbocycles. The van der Waals surface area contributed by atoms with E-state index in [1.165, 1.54) is 12.8 Å². The lowest BCUT2D eigenvalue weighted by molar-refractivity contribution is -0.130. The first-order chi connectivity index (χ1) is 6.51. The van der Waals surface area contributed by atoms with Crippen molar-refractivity contribution in [2.75, 3.05) is 6.54 Å². The third kappa shape index (κ3) is 1.77. The highest BCUT2D eigenvalue weighted by molar-refractivity contribution is 5.79. The number of hydrogen-bond acceptors (Lipinski definition) is 3. The highest BCUT2D eigenvalue weighted by atomic mass is 16.3. The molecule has 2 unspecified atom stereocenters. The minimum atomic E-state index is -0.465. The number of carbonyl (C=O) groups is 1. The van der Waals surface area contributed by atoms with Gasteiger partial charge in [0.05, 0.1) is 12.6 Å². The molecule has 0 bridgehead atoms. The van der Waals surface area contributed by atoms with Crippen LogP contribution in [-0.2, 0) is 4.79 Å². The molecule has 2 rings (SSSR count). The van der Waals surface area contributed by atoms with Crippen molar-refractivity contribution >= 4 is 5.91 Å². The second kappa shape index (κ2) is 3.21. The first-order valence-corrected chi connectivity index (χ1v) is 5.27. The van der Waals surface area contributed by atoms with Gasteiger partial charge in [-0.05, 0) is 32.6 Å². The summed E-state index contributed by atoms with van der Waals surface area (Å²) >= 11 is 0. The van der Waals surface area contributed by atoms with Crippen LogP contribution in [0.3, 0.4) is 0 Å². The largest absolute Gasteiger partial charge is 0.392 e. The first kappa shape index (κ1) is 9.93. The molecular weight excluding hydrogens is 180 g/mol. The summed E-state index contributed by atoms with van der Waals surface area (Å²) in [5, 5.41) is 10.8. The van der Waals surface area contributed by atoms with Gasteiger partial charge in [-0.1, -0.05) is 0 Å². The van der Waals surface area contributed by atoms with Gasteiger partial charge in [-0.3, -0.25) is 9.80 Å². The van der Waals surface area contributed by atoms with Crippen molar-refractivity contribution in [1.29, 1.82) is 0 Å². The summed E-state index contributed by atoms with van der Waals surface area (Å²) < 4.78 is 0. The molecule has 1 saturated carbocycles. The Morgan fingerprint density at radius 1 is 1.71 bits per heavy atom. The van der Waals surface area contributed by atoms with Crippen LogP contribution < -0.4 is 5.43 Å². The van der Waals surface area contributed by atoms with Crippen molar-refractivity contribution in [3.8, 4) is 0 Å². The lowest BCUT2D eigenvalue weighted by Crippen LogP contribution is -2.47. The lowest BCUT2D eigenvalue weighted by Gasteiger charge is -2.26. The van der Waals surface area contributed by atoms with Crippen LogP contribution in [0.25, 0.3) is 0 Å². The molecule has 2 atom stereocenters. The van der Waals surface area contributed by atoms with E-state index in [0.717, 1.165) is 0 Å². The molecule has 14 heavy (non-hydrogen) atoms. The quantitative estimate of drug-likeness (QED) is 0.684. The van der Waals surface area contributed by atoms with Crippen LogP contribution in [0.2, 0.25) is 0 Å². The van der Waals surface area contributed by atoms with E-state index in [9.17, 15) is 9.90 Å². The predicted molar refractivity (Wildman–Crippen MR) is 52.3 cm³/mol. The van der Waals surface area contributed by atoms with E-state index in [0.29, 0.717) is 18.9 Å². The molecule has 1 amide bonds. The van der Waals surface area contributed by atoms with E-state index in [2.05, 4.69) is 12.3 Å². The Hall–Kier alpha value is -0.610. The Bertz CT molecular complexity index is 251. The molecule has 1 aliphatic carbocycles. The number of nitrogens with zero attached hydrogens (tertiary/aromatic N) is 1. The van der Waals surface area contributed by atoms with E-state index in [-0.39, 0.29) is 11.4 Å². The van der Waals surface area contributed by atoms with E-state index < -0.39 is 6.10 Å². The number of rotatable bonds is 3. The Morgan fingerprint density at radius 2 is 2.36 bits per heavy atom. The number of aliphatic hydroxyl groups is 1. The van der Waals surface area contributed by atoms with Gasteiger partial charge in [-0.25, -0.2) is 5.43 Å². The third-order valence-electron chi connectivity index (χ3n) is 3.14. The number of hydrogen-bond donors (Lipinski definition) is 2. The maximum Gasteiger partial charge on any atom is 0.238 e. The van der Waals surface area contributed by atoms with Gasteiger partial charge in [0.15, 0.2) is 0 Å². The van der Waals surface area contributed by atoms with Gasteiger partial charge in [0.25, 0.3) is 0 Å². The van der Waals surface area contributed by atoms with Crippen molar-refractivity contribution in [1.82, 2.24) is 10.4 Å². The highest BCUT2D eigenvalue weighted by Crippen LogP contribution is 2.43. The maximum absolute atomic E-state index is 11.6. The molecule has 2 aliphatic rings. The Morgan fingerprint density at radius 3 is 2.86 bits per heavy atom. The SMILES string of the molecule is CC(O)CN1NC(C)(C2CC2)CC1=O. The fourth-order valence-corrected chi connectivity index (χ4v) is 2.19. The second-order valence-electron chi connectivity index (χ2n) is 4.83. The lowest BCUT2D eigenvalue weighted by atomic mass is 9.94. The molecule has 0 aromatic rings. The van der Waals surface area contributed by atoms with Gasteiger partial charge in [-0.15, -0.1) is 0 Å². The Kier molecular flexibility index (Phi) is 2.27. The number of carbonyl (C=O) groups excluding carboxylic acids is 1. The maximum atomic E-state index is 11.6. The van der Waals surface area contributed by atoms with Gasteiger partial charge in [-0.2, -0.15) is 0 Å². The smallest absolute Gasteiger partial charge is 0.238 e. The number of amides is 1. The van der Waals surface area contributed by atoms with Gasteiger partial charge in [0, 0.05) is 12.0 Å². The fourth-order valence-electron chi connectivity index (χ4n) is 2.19. The van der Waals surface area contributed by atoms with Crippen LogP contribution in [0.4, 0.5) is 0 Å². The highest BCUT2D eigenvalue weighted by Gasteiger charge is 2.49. The van der Waals surface area contributed by atoms with Crippen molar-refractivity contribution in [2.45, 2.75) is 44.8 Å². The minimum Gasteiger partial charge on any atom is -0.392 e. The number of β-amino-alcohol motifs (C(OH)–C–C–N with tert-alkyl or cyclic N) is 1. The van der Waals surface area contributed by atoms with Crippen LogP contribution in [0.15, 0.2) is 0 Å². The van der Waals surface area contributed by atoms with Crippen molar-refractivity contribution < 1.29 is 9.90 Å². The zero-order valence-electron chi connectivity index (χ0n) is 8.79. The van der Waals surface area contributed by atoms with Crippen molar-refractivity contribution in [3.05, 3.63) is 0 Å². The second-order valence-corrected chi connectivity index (χ2v) is 4.83. The van der Waals surface area contributed by atoms with Crippen LogP contribution in [-0.4, -0.2) is 34.2 Å². The number of aliphatic hydroxyl groups excluding tert-OH is 1. The average Bonchev–Trinajstić information content (AvgIpc) is 2.80. The normalized spacial score (nSPS) is 35.1. The molecule has 0 radical (unpaired) electrons. The first-order valence-electron chi connectivity index (χ1n) is 5.27. The zero-order chi connectivity index (χ0) is 10.3. The summed E-state index contributed by atoms with van der Waals surface area (Å²) in [4.78, 5) is 11.6. The molecule has 0 spiro atoms. The van der Waals surface area contributed by atoms with Crippen LogP contribution in [0.1, 0.15) is 33.1 Å². The van der Waals surface area contributed by atoms with Gasteiger partial charge in [0.1, 0.15) is 0 Å². The Balaban J connectivity index is 1.99. The monoisotopic (exact) mass is 198 g/mol. The summed E-state index contributed by atoms with van der Waals surface area (Å²) in [7, 11) is 0. The summed E-state index contributed by atoms with van der Waals surface area (Å²) in [6, 6.07) is 0. The third-order valence-corrected chi connectivity index (χ3v) is 3.14. The van der Waals surface area contributed by atoms with Crippen LogP contribution in [0, 0.1) is 5.92 Å².